The minimum atomic E-state index is -0.428. The first-order chi connectivity index (χ1) is 10.2. The van der Waals surface area contributed by atoms with E-state index in [2.05, 4.69) is 0 Å². The zero-order chi connectivity index (χ0) is 15.2. The van der Waals surface area contributed by atoms with Crippen molar-refractivity contribution in [2.45, 2.75) is 6.54 Å². The summed E-state index contributed by atoms with van der Waals surface area (Å²) in [5.41, 5.74) is 1.25. The number of halogens is 1. The Kier molecular flexibility index (Phi) is 4.77. The summed E-state index contributed by atoms with van der Waals surface area (Å²) >= 11 is 0. The largest absolute Gasteiger partial charge is 0.497 e. The van der Waals surface area contributed by atoms with Gasteiger partial charge in [0.05, 0.1) is 26.5 Å². The summed E-state index contributed by atoms with van der Waals surface area (Å²) in [7, 11) is 3.05. The molecule has 0 heterocycles. The number of nitrogens with zero attached hydrogens (tertiary/aromatic N) is 1. The first kappa shape index (κ1) is 14.8. The second-order valence-corrected chi connectivity index (χ2v) is 4.40. The first-order valence-electron chi connectivity index (χ1n) is 6.36. The fourth-order valence-corrected chi connectivity index (χ4v) is 2.03. The number of carbonyl (C=O) groups excluding carboxylic acids is 1. The van der Waals surface area contributed by atoms with E-state index in [1.54, 1.807) is 7.11 Å². The molecule has 0 aromatic heterocycles. The summed E-state index contributed by atoms with van der Waals surface area (Å²) in [6.45, 7) is 0.292. The standard InChI is InChI=1S/C16H16FNO3/c1-20-14-5-3-4-12(8-14)10-18(11-19)15-9-13(17)6-7-16(15)21-2/h3-9,11H,10H2,1-2H3. The summed E-state index contributed by atoms with van der Waals surface area (Å²) in [4.78, 5) is 12.7. The third-order valence-electron chi connectivity index (χ3n) is 3.06. The van der Waals surface area contributed by atoms with Crippen LogP contribution in [0.3, 0.4) is 0 Å². The van der Waals surface area contributed by atoms with Crippen molar-refractivity contribution in [1.29, 1.82) is 0 Å². The average molecular weight is 289 g/mol. The lowest BCUT2D eigenvalue weighted by Crippen LogP contribution is -2.21. The summed E-state index contributed by atoms with van der Waals surface area (Å²) in [6, 6.07) is 11.4. The average Bonchev–Trinajstić information content (AvgIpc) is 2.52. The fourth-order valence-electron chi connectivity index (χ4n) is 2.03. The van der Waals surface area contributed by atoms with Crippen molar-refractivity contribution in [2.24, 2.45) is 0 Å². The molecule has 0 saturated carbocycles. The van der Waals surface area contributed by atoms with Gasteiger partial charge in [-0.15, -0.1) is 0 Å². The number of hydrogen-bond donors (Lipinski definition) is 0. The highest BCUT2D eigenvalue weighted by atomic mass is 19.1. The van der Waals surface area contributed by atoms with Gasteiger partial charge in [-0.05, 0) is 29.8 Å². The van der Waals surface area contributed by atoms with Crippen LogP contribution in [0.1, 0.15) is 5.56 Å². The van der Waals surface area contributed by atoms with Gasteiger partial charge >= 0.3 is 0 Å². The molecule has 0 saturated heterocycles. The molecule has 2 rings (SSSR count). The predicted molar refractivity (Wildman–Crippen MR) is 78.2 cm³/mol. The van der Waals surface area contributed by atoms with Crippen LogP contribution < -0.4 is 14.4 Å². The normalized spacial score (nSPS) is 10.0. The van der Waals surface area contributed by atoms with Gasteiger partial charge in [-0.2, -0.15) is 0 Å². The molecule has 0 aliphatic rings. The van der Waals surface area contributed by atoms with Crippen LogP contribution in [0.2, 0.25) is 0 Å². The highest BCUT2D eigenvalue weighted by Gasteiger charge is 2.13. The van der Waals surface area contributed by atoms with Crippen LogP contribution in [0.5, 0.6) is 11.5 Å². The molecule has 0 fully saturated rings. The van der Waals surface area contributed by atoms with Crippen LogP contribution in [-0.2, 0) is 11.3 Å². The van der Waals surface area contributed by atoms with Crippen molar-refractivity contribution in [3.63, 3.8) is 0 Å². The number of carbonyl (C=O) groups is 1. The molecule has 1 amide bonds. The molecule has 0 radical (unpaired) electrons. The van der Waals surface area contributed by atoms with Gasteiger partial charge in [-0.1, -0.05) is 12.1 Å². The van der Waals surface area contributed by atoms with E-state index in [9.17, 15) is 9.18 Å². The maximum Gasteiger partial charge on any atom is 0.214 e. The predicted octanol–water partition coefficient (Wildman–Crippen LogP) is 3.01. The number of ether oxygens (including phenoxy) is 2. The SMILES string of the molecule is COc1cccc(CN(C=O)c2cc(F)ccc2OC)c1. The van der Waals surface area contributed by atoms with Gasteiger partial charge in [0.15, 0.2) is 0 Å². The molecule has 0 aliphatic carbocycles. The number of benzene rings is 2. The molecule has 0 atom stereocenters. The molecule has 0 spiro atoms. The Morgan fingerprint density at radius 1 is 1.14 bits per heavy atom. The fraction of sp³-hybridized carbons (Fsp3) is 0.188. The van der Waals surface area contributed by atoms with E-state index in [4.69, 9.17) is 9.47 Å². The lowest BCUT2D eigenvalue weighted by Gasteiger charge is -2.20. The lowest BCUT2D eigenvalue weighted by molar-refractivity contribution is -0.107. The highest BCUT2D eigenvalue weighted by molar-refractivity contribution is 5.78. The van der Waals surface area contributed by atoms with Crippen LogP contribution in [0, 0.1) is 5.82 Å². The number of rotatable bonds is 6. The van der Waals surface area contributed by atoms with Crippen LogP contribution in [0.4, 0.5) is 10.1 Å². The van der Waals surface area contributed by atoms with Gasteiger partial charge < -0.3 is 14.4 Å². The summed E-state index contributed by atoms with van der Waals surface area (Å²) in [6.07, 6.45) is 0.650. The van der Waals surface area contributed by atoms with Crippen molar-refractivity contribution >= 4 is 12.1 Å². The molecule has 21 heavy (non-hydrogen) atoms. The van der Waals surface area contributed by atoms with Gasteiger partial charge in [0.2, 0.25) is 6.41 Å². The second-order valence-electron chi connectivity index (χ2n) is 4.40. The van der Waals surface area contributed by atoms with E-state index in [0.29, 0.717) is 30.1 Å². The molecule has 0 N–H and O–H groups in total. The monoisotopic (exact) mass is 289 g/mol. The quantitative estimate of drug-likeness (QED) is 0.767. The summed E-state index contributed by atoms with van der Waals surface area (Å²) in [5, 5.41) is 0. The van der Waals surface area contributed by atoms with Crippen molar-refractivity contribution in [2.75, 3.05) is 19.1 Å². The van der Waals surface area contributed by atoms with Gasteiger partial charge in [-0.25, -0.2) is 4.39 Å². The Morgan fingerprint density at radius 2 is 1.95 bits per heavy atom. The second kappa shape index (κ2) is 6.74. The van der Waals surface area contributed by atoms with E-state index in [1.165, 1.54) is 30.2 Å². The molecule has 5 heteroatoms. The first-order valence-corrected chi connectivity index (χ1v) is 6.36. The third kappa shape index (κ3) is 3.51. The molecule has 0 aliphatic heterocycles. The van der Waals surface area contributed by atoms with Gasteiger partial charge in [0, 0.05) is 6.07 Å². The number of methoxy groups -OCH3 is 2. The maximum absolute atomic E-state index is 13.4. The third-order valence-corrected chi connectivity index (χ3v) is 3.06. The van der Waals surface area contributed by atoms with Gasteiger partial charge in [0.25, 0.3) is 0 Å². The highest BCUT2D eigenvalue weighted by Crippen LogP contribution is 2.29. The van der Waals surface area contributed by atoms with E-state index >= 15 is 0 Å². The van der Waals surface area contributed by atoms with Crippen LogP contribution in [-0.4, -0.2) is 20.6 Å². The van der Waals surface area contributed by atoms with Gasteiger partial charge in [0.1, 0.15) is 17.3 Å². The molecule has 110 valence electrons. The summed E-state index contributed by atoms with van der Waals surface area (Å²) < 4.78 is 23.7. The number of amides is 1. The Morgan fingerprint density at radius 3 is 2.62 bits per heavy atom. The molecule has 4 nitrogen and oxygen atoms in total. The van der Waals surface area contributed by atoms with Crippen LogP contribution in [0.25, 0.3) is 0 Å². The van der Waals surface area contributed by atoms with Crippen molar-refractivity contribution in [3.05, 3.63) is 53.8 Å². The topological polar surface area (TPSA) is 38.8 Å². The van der Waals surface area contributed by atoms with Crippen molar-refractivity contribution < 1.29 is 18.7 Å². The minimum Gasteiger partial charge on any atom is -0.497 e. The minimum absolute atomic E-state index is 0.292. The number of anilines is 1. The van der Waals surface area contributed by atoms with E-state index in [-0.39, 0.29) is 0 Å². The van der Waals surface area contributed by atoms with E-state index in [0.717, 1.165) is 5.56 Å². The zero-order valence-corrected chi connectivity index (χ0v) is 11.9. The lowest BCUT2D eigenvalue weighted by atomic mass is 10.2. The number of hydrogen-bond acceptors (Lipinski definition) is 3. The van der Waals surface area contributed by atoms with Crippen LogP contribution in [0.15, 0.2) is 42.5 Å². The molecule has 2 aromatic rings. The molecule has 0 bridgehead atoms. The van der Waals surface area contributed by atoms with Crippen molar-refractivity contribution in [3.8, 4) is 11.5 Å². The molecular weight excluding hydrogens is 273 g/mol. The zero-order valence-electron chi connectivity index (χ0n) is 11.9. The Labute approximate surface area is 122 Å². The van der Waals surface area contributed by atoms with E-state index in [1.807, 2.05) is 24.3 Å². The molecule has 2 aromatic carbocycles. The van der Waals surface area contributed by atoms with Crippen LogP contribution >= 0.6 is 0 Å². The maximum atomic E-state index is 13.4. The molecule has 0 unspecified atom stereocenters. The van der Waals surface area contributed by atoms with E-state index < -0.39 is 5.82 Å². The Balaban J connectivity index is 2.31. The van der Waals surface area contributed by atoms with Gasteiger partial charge in [-0.3, -0.25) is 4.79 Å². The Hall–Kier alpha value is -2.56. The smallest absolute Gasteiger partial charge is 0.214 e. The Bertz CT molecular complexity index is 631. The molecular formula is C16H16FNO3. The summed E-state index contributed by atoms with van der Waals surface area (Å²) in [5.74, 6) is 0.708. The van der Waals surface area contributed by atoms with Crippen molar-refractivity contribution in [1.82, 2.24) is 0 Å².